The Bertz CT molecular complexity index is 562. The van der Waals surface area contributed by atoms with Crippen molar-refractivity contribution in [2.24, 2.45) is 13.0 Å². The van der Waals surface area contributed by atoms with E-state index >= 15 is 0 Å². The van der Waals surface area contributed by atoms with Crippen molar-refractivity contribution in [1.29, 1.82) is 0 Å². The van der Waals surface area contributed by atoms with Crippen LogP contribution in [0.5, 0.6) is 0 Å². The molecule has 1 N–H and O–H groups in total. The topological polar surface area (TPSA) is 75.4 Å². The summed E-state index contributed by atoms with van der Waals surface area (Å²) in [5.74, 6) is 1.43. The number of imidazole rings is 1. The van der Waals surface area contributed by atoms with Crippen molar-refractivity contribution in [2.75, 3.05) is 31.1 Å². The standard InChI is InChI=1S/C15H27N3O3S/c1-3-11-22(20,21)12-10-18-7-4-13(5-8-18)14(19)15-16-6-9-17(15)2/h6,9,13-14,19H,3-5,7-8,10-12H2,1-2H3. The Balaban J connectivity index is 1.80. The second-order valence-electron chi connectivity index (χ2n) is 6.17. The summed E-state index contributed by atoms with van der Waals surface area (Å²) in [6.45, 7) is 4.18. The van der Waals surface area contributed by atoms with Gasteiger partial charge < -0.3 is 14.6 Å². The maximum absolute atomic E-state index is 11.8. The molecule has 0 bridgehead atoms. The summed E-state index contributed by atoms with van der Waals surface area (Å²) >= 11 is 0. The van der Waals surface area contributed by atoms with E-state index in [-0.39, 0.29) is 17.4 Å². The van der Waals surface area contributed by atoms with Gasteiger partial charge in [-0.05, 0) is 38.3 Å². The summed E-state index contributed by atoms with van der Waals surface area (Å²) in [5.41, 5.74) is 0. The Morgan fingerprint density at radius 3 is 2.59 bits per heavy atom. The summed E-state index contributed by atoms with van der Waals surface area (Å²) in [4.78, 5) is 6.41. The van der Waals surface area contributed by atoms with E-state index < -0.39 is 15.9 Å². The molecule has 22 heavy (non-hydrogen) atoms. The first-order chi connectivity index (χ1) is 10.4. The number of nitrogens with zero attached hydrogens (tertiary/aromatic N) is 3. The fourth-order valence-electron chi connectivity index (χ4n) is 3.05. The van der Waals surface area contributed by atoms with E-state index in [9.17, 15) is 13.5 Å². The molecule has 1 atom stereocenters. The Kier molecular flexibility index (Phi) is 6.00. The molecule has 2 rings (SSSR count). The molecule has 0 spiro atoms. The maximum Gasteiger partial charge on any atom is 0.151 e. The molecule has 0 aromatic carbocycles. The summed E-state index contributed by atoms with van der Waals surface area (Å²) < 4.78 is 25.4. The fourth-order valence-corrected chi connectivity index (χ4v) is 4.41. The minimum Gasteiger partial charge on any atom is -0.385 e. The van der Waals surface area contributed by atoms with E-state index in [1.807, 2.05) is 24.7 Å². The number of aliphatic hydroxyl groups is 1. The third kappa shape index (κ3) is 4.54. The third-order valence-electron chi connectivity index (χ3n) is 4.44. The minimum atomic E-state index is -2.91. The van der Waals surface area contributed by atoms with E-state index in [0.717, 1.165) is 25.9 Å². The average Bonchev–Trinajstić information content (AvgIpc) is 2.91. The molecule has 1 aliphatic rings. The van der Waals surface area contributed by atoms with Crippen molar-refractivity contribution in [2.45, 2.75) is 32.3 Å². The van der Waals surface area contributed by atoms with Crippen molar-refractivity contribution < 1.29 is 13.5 Å². The van der Waals surface area contributed by atoms with Crippen molar-refractivity contribution >= 4 is 9.84 Å². The average molecular weight is 329 g/mol. The molecule has 0 aliphatic carbocycles. The van der Waals surface area contributed by atoms with E-state index in [1.165, 1.54) is 0 Å². The van der Waals surface area contributed by atoms with Gasteiger partial charge in [-0.2, -0.15) is 0 Å². The van der Waals surface area contributed by atoms with Crippen LogP contribution >= 0.6 is 0 Å². The van der Waals surface area contributed by atoms with Gasteiger partial charge in [0.2, 0.25) is 0 Å². The zero-order valence-electron chi connectivity index (χ0n) is 13.5. The number of sulfone groups is 1. The number of hydrogen-bond donors (Lipinski definition) is 1. The Labute approximate surface area is 133 Å². The molecule has 126 valence electrons. The molecular weight excluding hydrogens is 302 g/mol. The quantitative estimate of drug-likeness (QED) is 0.807. The molecule has 1 unspecified atom stereocenters. The van der Waals surface area contributed by atoms with Gasteiger partial charge in [-0.25, -0.2) is 13.4 Å². The zero-order valence-corrected chi connectivity index (χ0v) is 14.3. The normalized spacial score (nSPS) is 19.4. The largest absolute Gasteiger partial charge is 0.385 e. The van der Waals surface area contributed by atoms with Crippen LogP contribution in [0.25, 0.3) is 0 Å². The Morgan fingerprint density at radius 2 is 2.05 bits per heavy atom. The van der Waals surface area contributed by atoms with Crippen LogP contribution in [0.15, 0.2) is 12.4 Å². The summed E-state index contributed by atoms with van der Waals surface area (Å²) in [6, 6.07) is 0. The van der Waals surface area contributed by atoms with E-state index in [0.29, 0.717) is 18.8 Å². The van der Waals surface area contributed by atoms with Gasteiger partial charge in [-0.15, -0.1) is 0 Å². The third-order valence-corrected chi connectivity index (χ3v) is 6.27. The van der Waals surface area contributed by atoms with Gasteiger partial charge in [0, 0.05) is 31.7 Å². The lowest BCUT2D eigenvalue weighted by molar-refractivity contribution is 0.0527. The second-order valence-corrected chi connectivity index (χ2v) is 8.48. The van der Waals surface area contributed by atoms with Crippen LogP contribution < -0.4 is 0 Å². The van der Waals surface area contributed by atoms with Gasteiger partial charge >= 0.3 is 0 Å². The first-order valence-electron chi connectivity index (χ1n) is 8.01. The minimum absolute atomic E-state index is 0.199. The zero-order chi connectivity index (χ0) is 16.2. The Morgan fingerprint density at radius 1 is 1.36 bits per heavy atom. The number of piperidine rings is 1. The Hall–Kier alpha value is -0.920. The SMILES string of the molecule is CCCS(=O)(=O)CCN1CCC(C(O)c2nccn2C)CC1. The predicted octanol–water partition coefficient (Wildman–Crippen LogP) is 0.990. The molecule has 1 fully saturated rings. The van der Waals surface area contributed by atoms with Crippen LogP contribution in [0.1, 0.15) is 38.1 Å². The van der Waals surface area contributed by atoms with Crippen molar-refractivity contribution in [3.05, 3.63) is 18.2 Å². The monoisotopic (exact) mass is 329 g/mol. The number of aromatic nitrogens is 2. The van der Waals surface area contributed by atoms with Crippen LogP contribution in [0, 0.1) is 5.92 Å². The van der Waals surface area contributed by atoms with Crippen LogP contribution in [-0.2, 0) is 16.9 Å². The highest BCUT2D eigenvalue weighted by Gasteiger charge is 2.28. The molecule has 1 aliphatic heterocycles. The second kappa shape index (κ2) is 7.57. The number of aliphatic hydroxyl groups excluding tert-OH is 1. The summed E-state index contributed by atoms with van der Waals surface area (Å²) in [6.07, 6.45) is 5.44. The number of aryl methyl sites for hydroxylation is 1. The molecule has 7 heteroatoms. The molecular formula is C15H27N3O3S. The highest BCUT2D eigenvalue weighted by Crippen LogP contribution is 2.29. The fraction of sp³-hybridized carbons (Fsp3) is 0.800. The molecule has 1 aromatic heterocycles. The molecule has 1 saturated heterocycles. The number of likely N-dealkylation sites (tertiary alicyclic amines) is 1. The lowest BCUT2D eigenvalue weighted by Gasteiger charge is -2.33. The lowest BCUT2D eigenvalue weighted by atomic mass is 9.91. The smallest absolute Gasteiger partial charge is 0.151 e. The highest BCUT2D eigenvalue weighted by molar-refractivity contribution is 7.91. The van der Waals surface area contributed by atoms with Gasteiger partial charge in [-0.1, -0.05) is 6.92 Å². The van der Waals surface area contributed by atoms with Crippen LogP contribution in [0.4, 0.5) is 0 Å². The summed E-state index contributed by atoms with van der Waals surface area (Å²) in [5, 5.41) is 10.4. The van der Waals surface area contributed by atoms with Gasteiger partial charge in [0.25, 0.3) is 0 Å². The number of hydrogen-bond acceptors (Lipinski definition) is 5. The summed E-state index contributed by atoms with van der Waals surface area (Å²) in [7, 11) is -1.02. The van der Waals surface area contributed by atoms with E-state index in [2.05, 4.69) is 9.88 Å². The first-order valence-corrected chi connectivity index (χ1v) is 9.83. The first kappa shape index (κ1) is 17.4. The van der Waals surface area contributed by atoms with Gasteiger partial charge in [0.1, 0.15) is 11.9 Å². The van der Waals surface area contributed by atoms with Crippen molar-refractivity contribution in [3.63, 3.8) is 0 Å². The van der Waals surface area contributed by atoms with Gasteiger partial charge in [0.05, 0.1) is 5.75 Å². The van der Waals surface area contributed by atoms with E-state index in [1.54, 1.807) is 6.20 Å². The lowest BCUT2D eigenvalue weighted by Crippen LogP contribution is -2.38. The molecule has 6 nitrogen and oxygen atoms in total. The number of rotatable bonds is 7. The van der Waals surface area contributed by atoms with E-state index in [4.69, 9.17) is 0 Å². The van der Waals surface area contributed by atoms with Crippen LogP contribution in [0.3, 0.4) is 0 Å². The molecule has 2 heterocycles. The molecule has 0 radical (unpaired) electrons. The van der Waals surface area contributed by atoms with Gasteiger partial charge in [0.15, 0.2) is 9.84 Å². The van der Waals surface area contributed by atoms with Gasteiger partial charge in [-0.3, -0.25) is 0 Å². The molecule has 0 saturated carbocycles. The van der Waals surface area contributed by atoms with Crippen LogP contribution in [0.2, 0.25) is 0 Å². The molecule has 0 amide bonds. The predicted molar refractivity (Wildman–Crippen MR) is 86.3 cm³/mol. The van der Waals surface area contributed by atoms with Crippen molar-refractivity contribution in [3.8, 4) is 0 Å². The highest BCUT2D eigenvalue weighted by atomic mass is 32.2. The van der Waals surface area contributed by atoms with Crippen LogP contribution in [-0.4, -0.2) is 59.1 Å². The molecule has 1 aromatic rings. The maximum atomic E-state index is 11.8. The van der Waals surface area contributed by atoms with Crippen molar-refractivity contribution in [1.82, 2.24) is 14.5 Å².